The fraction of sp³-hybridized carbons (Fsp3) is 0.200. The standard InChI is InChI=1S/C15H15BrClN/c1-11(13-5-7-14(16)8-6-13)18-10-12-3-2-4-15(17)9-12/h2-9,11,18H,10H2,1H3. The Morgan fingerprint density at radius 1 is 1.17 bits per heavy atom. The summed E-state index contributed by atoms with van der Waals surface area (Å²) < 4.78 is 1.10. The smallest absolute Gasteiger partial charge is 0.0409 e. The molecule has 1 unspecified atom stereocenters. The van der Waals surface area contributed by atoms with Crippen LogP contribution in [0.1, 0.15) is 24.1 Å². The quantitative estimate of drug-likeness (QED) is 0.838. The lowest BCUT2D eigenvalue weighted by atomic mass is 10.1. The molecule has 0 spiro atoms. The Morgan fingerprint density at radius 2 is 1.89 bits per heavy atom. The van der Waals surface area contributed by atoms with Crippen molar-refractivity contribution in [1.82, 2.24) is 5.32 Å². The topological polar surface area (TPSA) is 12.0 Å². The third-order valence-corrected chi connectivity index (χ3v) is 3.64. The molecule has 1 N–H and O–H groups in total. The van der Waals surface area contributed by atoms with Crippen LogP contribution >= 0.6 is 27.5 Å². The maximum absolute atomic E-state index is 5.96. The van der Waals surface area contributed by atoms with Crippen molar-refractivity contribution in [2.45, 2.75) is 19.5 Å². The fourth-order valence-corrected chi connectivity index (χ4v) is 2.26. The minimum Gasteiger partial charge on any atom is -0.306 e. The molecule has 2 aromatic carbocycles. The monoisotopic (exact) mass is 323 g/mol. The predicted octanol–water partition coefficient (Wildman–Crippen LogP) is 4.95. The highest BCUT2D eigenvalue weighted by molar-refractivity contribution is 9.10. The Balaban J connectivity index is 1.96. The summed E-state index contributed by atoms with van der Waals surface area (Å²) in [5.41, 5.74) is 2.48. The van der Waals surface area contributed by atoms with Gasteiger partial charge in [0.1, 0.15) is 0 Å². The summed E-state index contributed by atoms with van der Waals surface area (Å²) in [7, 11) is 0. The van der Waals surface area contributed by atoms with E-state index in [4.69, 9.17) is 11.6 Å². The zero-order valence-electron chi connectivity index (χ0n) is 10.2. The lowest BCUT2D eigenvalue weighted by molar-refractivity contribution is 0.574. The number of rotatable bonds is 4. The van der Waals surface area contributed by atoms with Crippen LogP contribution in [-0.4, -0.2) is 0 Å². The van der Waals surface area contributed by atoms with Crippen LogP contribution in [0.5, 0.6) is 0 Å². The van der Waals surface area contributed by atoms with Gasteiger partial charge in [-0.25, -0.2) is 0 Å². The summed E-state index contributed by atoms with van der Waals surface area (Å²) in [5, 5.41) is 4.27. The molecule has 0 aliphatic carbocycles. The number of halogens is 2. The summed E-state index contributed by atoms with van der Waals surface area (Å²) in [6.07, 6.45) is 0. The maximum atomic E-state index is 5.96. The number of nitrogens with one attached hydrogen (secondary N) is 1. The normalized spacial score (nSPS) is 12.4. The second-order valence-electron chi connectivity index (χ2n) is 4.28. The summed E-state index contributed by atoms with van der Waals surface area (Å²) in [6.45, 7) is 2.98. The number of benzene rings is 2. The molecule has 18 heavy (non-hydrogen) atoms. The number of hydrogen-bond acceptors (Lipinski definition) is 1. The molecule has 3 heteroatoms. The molecule has 0 radical (unpaired) electrons. The van der Waals surface area contributed by atoms with E-state index in [-0.39, 0.29) is 0 Å². The average Bonchev–Trinajstić information content (AvgIpc) is 2.37. The highest BCUT2D eigenvalue weighted by Crippen LogP contribution is 2.17. The van der Waals surface area contributed by atoms with Crippen molar-refractivity contribution in [2.24, 2.45) is 0 Å². The van der Waals surface area contributed by atoms with E-state index in [0.717, 1.165) is 16.0 Å². The van der Waals surface area contributed by atoms with Crippen LogP contribution in [0.3, 0.4) is 0 Å². The first-order valence-electron chi connectivity index (χ1n) is 5.88. The molecule has 0 aromatic heterocycles. The van der Waals surface area contributed by atoms with Crippen molar-refractivity contribution in [2.75, 3.05) is 0 Å². The van der Waals surface area contributed by atoms with E-state index in [1.54, 1.807) is 0 Å². The first-order valence-corrected chi connectivity index (χ1v) is 7.05. The molecule has 94 valence electrons. The van der Waals surface area contributed by atoms with Gasteiger partial charge in [0.15, 0.2) is 0 Å². The van der Waals surface area contributed by atoms with Gasteiger partial charge in [0.25, 0.3) is 0 Å². The van der Waals surface area contributed by atoms with Crippen LogP contribution in [0.4, 0.5) is 0 Å². The maximum Gasteiger partial charge on any atom is 0.0409 e. The van der Waals surface area contributed by atoms with Crippen LogP contribution < -0.4 is 5.32 Å². The molecule has 0 heterocycles. The fourth-order valence-electron chi connectivity index (χ4n) is 1.79. The third-order valence-electron chi connectivity index (χ3n) is 2.87. The van der Waals surface area contributed by atoms with Crippen molar-refractivity contribution in [3.8, 4) is 0 Å². The molecule has 2 aromatic rings. The minimum atomic E-state index is 0.317. The Kier molecular flexibility index (Phi) is 4.81. The molecule has 0 aliphatic rings. The molecule has 0 aliphatic heterocycles. The van der Waals surface area contributed by atoms with Crippen LogP contribution in [-0.2, 0) is 6.54 Å². The van der Waals surface area contributed by atoms with E-state index in [0.29, 0.717) is 6.04 Å². The van der Waals surface area contributed by atoms with Gasteiger partial charge in [0.05, 0.1) is 0 Å². The zero-order chi connectivity index (χ0) is 13.0. The lowest BCUT2D eigenvalue weighted by Crippen LogP contribution is -2.17. The van der Waals surface area contributed by atoms with E-state index in [1.165, 1.54) is 11.1 Å². The molecule has 0 fully saturated rings. The molecule has 0 amide bonds. The molecular formula is C15H15BrClN. The van der Waals surface area contributed by atoms with Crippen molar-refractivity contribution >= 4 is 27.5 Å². The SMILES string of the molecule is CC(NCc1cccc(Cl)c1)c1ccc(Br)cc1. The minimum absolute atomic E-state index is 0.317. The van der Waals surface area contributed by atoms with Gasteiger partial charge in [-0.2, -0.15) is 0 Å². The molecule has 0 bridgehead atoms. The van der Waals surface area contributed by atoms with E-state index in [9.17, 15) is 0 Å². The summed E-state index contributed by atoms with van der Waals surface area (Å²) in [5.74, 6) is 0. The van der Waals surface area contributed by atoms with E-state index >= 15 is 0 Å². The second-order valence-corrected chi connectivity index (χ2v) is 5.64. The largest absolute Gasteiger partial charge is 0.306 e. The summed E-state index contributed by atoms with van der Waals surface area (Å²) in [6, 6.07) is 16.6. The molecule has 1 atom stereocenters. The van der Waals surface area contributed by atoms with Gasteiger partial charge < -0.3 is 5.32 Å². The highest BCUT2D eigenvalue weighted by atomic mass is 79.9. The van der Waals surface area contributed by atoms with Crippen molar-refractivity contribution in [3.05, 3.63) is 69.2 Å². The van der Waals surface area contributed by atoms with Gasteiger partial charge >= 0.3 is 0 Å². The van der Waals surface area contributed by atoms with Crippen LogP contribution in [0.25, 0.3) is 0 Å². The van der Waals surface area contributed by atoms with Gasteiger partial charge in [0.2, 0.25) is 0 Å². The van der Waals surface area contributed by atoms with Crippen LogP contribution in [0.2, 0.25) is 5.02 Å². The van der Waals surface area contributed by atoms with Gasteiger partial charge in [-0.3, -0.25) is 0 Å². The highest BCUT2D eigenvalue weighted by Gasteiger charge is 2.04. The van der Waals surface area contributed by atoms with E-state index in [1.807, 2.05) is 18.2 Å². The van der Waals surface area contributed by atoms with Gasteiger partial charge in [-0.1, -0.05) is 51.8 Å². The van der Waals surface area contributed by atoms with Crippen molar-refractivity contribution in [3.63, 3.8) is 0 Å². The summed E-state index contributed by atoms with van der Waals surface area (Å²) >= 11 is 9.40. The molecule has 0 saturated carbocycles. The van der Waals surface area contributed by atoms with Crippen LogP contribution in [0.15, 0.2) is 53.0 Å². The Morgan fingerprint density at radius 3 is 2.56 bits per heavy atom. The second kappa shape index (κ2) is 6.37. The van der Waals surface area contributed by atoms with Gasteiger partial charge in [-0.15, -0.1) is 0 Å². The Hall–Kier alpha value is -0.830. The van der Waals surface area contributed by atoms with Crippen molar-refractivity contribution < 1.29 is 0 Å². The van der Waals surface area contributed by atoms with Gasteiger partial charge in [0, 0.05) is 22.1 Å². The zero-order valence-corrected chi connectivity index (χ0v) is 12.5. The molecule has 2 rings (SSSR count). The van der Waals surface area contributed by atoms with Crippen molar-refractivity contribution in [1.29, 1.82) is 0 Å². The average molecular weight is 325 g/mol. The first-order chi connectivity index (χ1) is 8.65. The van der Waals surface area contributed by atoms with Crippen LogP contribution in [0, 0.1) is 0 Å². The molecule has 1 nitrogen and oxygen atoms in total. The van der Waals surface area contributed by atoms with Gasteiger partial charge in [-0.05, 0) is 42.3 Å². The third kappa shape index (κ3) is 3.84. The summed E-state index contributed by atoms with van der Waals surface area (Å²) in [4.78, 5) is 0. The predicted molar refractivity (Wildman–Crippen MR) is 80.8 cm³/mol. The van der Waals surface area contributed by atoms with E-state index < -0.39 is 0 Å². The Labute approximate surface area is 121 Å². The molecular weight excluding hydrogens is 310 g/mol. The lowest BCUT2D eigenvalue weighted by Gasteiger charge is -2.14. The first kappa shape index (κ1) is 13.6. The Bertz CT molecular complexity index is 510. The molecule has 0 saturated heterocycles. The number of hydrogen-bond donors (Lipinski definition) is 1. The van der Waals surface area contributed by atoms with E-state index in [2.05, 4.69) is 58.5 Å².